The summed E-state index contributed by atoms with van der Waals surface area (Å²) in [4.78, 5) is 6.77. The lowest BCUT2D eigenvalue weighted by Gasteiger charge is -2.38. The predicted molar refractivity (Wildman–Crippen MR) is 83.9 cm³/mol. The first kappa shape index (κ1) is 12.7. The van der Waals surface area contributed by atoms with Gasteiger partial charge < -0.3 is 10.6 Å². The number of nitrogen functional groups attached to an aromatic ring is 1. The SMILES string of the molecule is CC1CCCCC1N(C)c1ccc2scnc2c1N. The van der Waals surface area contributed by atoms with Gasteiger partial charge in [-0.1, -0.05) is 19.8 Å². The number of thiazole rings is 1. The van der Waals surface area contributed by atoms with Crippen molar-refractivity contribution in [1.29, 1.82) is 0 Å². The monoisotopic (exact) mass is 275 g/mol. The molecule has 1 saturated carbocycles. The zero-order valence-corrected chi connectivity index (χ0v) is 12.4. The van der Waals surface area contributed by atoms with Crippen LogP contribution in [0.1, 0.15) is 32.6 Å². The molecular formula is C15H21N3S. The Morgan fingerprint density at radius 3 is 2.89 bits per heavy atom. The smallest absolute Gasteiger partial charge is 0.106 e. The van der Waals surface area contributed by atoms with Gasteiger partial charge in [-0.25, -0.2) is 4.98 Å². The Balaban J connectivity index is 1.96. The highest BCUT2D eigenvalue weighted by atomic mass is 32.1. The third-order valence-electron chi connectivity index (χ3n) is 4.46. The normalized spacial score (nSPS) is 23.7. The molecule has 3 rings (SSSR count). The number of hydrogen-bond donors (Lipinski definition) is 1. The molecule has 0 radical (unpaired) electrons. The van der Waals surface area contributed by atoms with Gasteiger partial charge in [0.15, 0.2) is 0 Å². The first-order chi connectivity index (χ1) is 9.18. The van der Waals surface area contributed by atoms with E-state index in [-0.39, 0.29) is 0 Å². The number of fused-ring (bicyclic) bond motifs is 1. The quantitative estimate of drug-likeness (QED) is 0.845. The van der Waals surface area contributed by atoms with E-state index in [9.17, 15) is 0 Å². The molecule has 1 fully saturated rings. The Morgan fingerprint density at radius 2 is 2.11 bits per heavy atom. The molecule has 1 aromatic heterocycles. The Hall–Kier alpha value is -1.29. The molecule has 2 N–H and O–H groups in total. The zero-order valence-electron chi connectivity index (χ0n) is 11.6. The molecular weight excluding hydrogens is 254 g/mol. The second-order valence-electron chi connectivity index (χ2n) is 5.64. The molecule has 4 heteroatoms. The molecule has 0 amide bonds. The highest BCUT2D eigenvalue weighted by Gasteiger charge is 2.26. The van der Waals surface area contributed by atoms with Crippen LogP contribution in [0.3, 0.4) is 0 Å². The Morgan fingerprint density at radius 1 is 1.32 bits per heavy atom. The van der Waals surface area contributed by atoms with E-state index in [1.807, 2.05) is 5.51 Å². The Bertz CT molecular complexity index is 578. The van der Waals surface area contributed by atoms with Crippen molar-refractivity contribution in [3.05, 3.63) is 17.6 Å². The molecule has 3 nitrogen and oxygen atoms in total. The summed E-state index contributed by atoms with van der Waals surface area (Å²) in [5, 5.41) is 0. The van der Waals surface area contributed by atoms with Crippen LogP contribution < -0.4 is 10.6 Å². The summed E-state index contributed by atoms with van der Waals surface area (Å²) in [6.45, 7) is 2.36. The molecule has 1 aliphatic carbocycles. The van der Waals surface area contributed by atoms with Gasteiger partial charge in [0.1, 0.15) is 5.52 Å². The largest absolute Gasteiger partial charge is 0.395 e. The number of nitrogens with zero attached hydrogens (tertiary/aromatic N) is 2. The summed E-state index contributed by atoms with van der Waals surface area (Å²) in [6, 6.07) is 4.90. The van der Waals surface area contributed by atoms with Gasteiger partial charge >= 0.3 is 0 Å². The molecule has 0 saturated heterocycles. The van der Waals surface area contributed by atoms with Crippen LogP contribution in [0, 0.1) is 5.92 Å². The van der Waals surface area contributed by atoms with E-state index in [1.54, 1.807) is 11.3 Å². The van der Waals surface area contributed by atoms with Crippen LogP contribution >= 0.6 is 11.3 Å². The van der Waals surface area contributed by atoms with Crippen LogP contribution in [0.5, 0.6) is 0 Å². The highest BCUT2D eigenvalue weighted by molar-refractivity contribution is 7.16. The van der Waals surface area contributed by atoms with Crippen LogP contribution in [-0.4, -0.2) is 18.1 Å². The maximum Gasteiger partial charge on any atom is 0.106 e. The zero-order chi connectivity index (χ0) is 13.4. The minimum Gasteiger partial charge on any atom is -0.395 e. The van der Waals surface area contributed by atoms with Gasteiger partial charge in [0, 0.05) is 13.1 Å². The van der Waals surface area contributed by atoms with Crippen molar-refractivity contribution in [1.82, 2.24) is 4.98 Å². The fourth-order valence-electron chi connectivity index (χ4n) is 3.30. The summed E-state index contributed by atoms with van der Waals surface area (Å²) in [7, 11) is 2.18. The fraction of sp³-hybridized carbons (Fsp3) is 0.533. The van der Waals surface area contributed by atoms with Gasteiger partial charge in [-0.15, -0.1) is 11.3 Å². The molecule has 0 aliphatic heterocycles. The van der Waals surface area contributed by atoms with Crippen molar-refractivity contribution in [3.63, 3.8) is 0 Å². The lowest BCUT2D eigenvalue weighted by Crippen LogP contribution is -2.39. The number of nitrogens with two attached hydrogens (primary N) is 1. The van der Waals surface area contributed by atoms with Crippen LogP contribution in [0.15, 0.2) is 17.6 Å². The van der Waals surface area contributed by atoms with Crippen LogP contribution in [-0.2, 0) is 0 Å². The van der Waals surface area contributed by atoms with Gasteiger partial charge in [0.05, 0.1) is 21.6 Å². The fourth-order valence-corrected chi connectivity index (χ4v) is 3.99. The average Bonchev–Trinajstić information content (AvgIpc) is 2.88. The molecule has 1 heterocycles. The van der Waals surface area contributed by atoms with Crippen LogP contribution in [0.2, 0.25) is 0 Å². The lowest BCUT2D eigenvalue weighted by atomic mass is 9.85. The first-order valence-corrected chi connectivity index (χ1v) is 7.91. The Kier molecular flexibility index (Phi) is 3.35. The molecule has 0 bridgehead atoms. The third-order valence-corrected chi connectivity index (χ3v) is 5.26. The number of benzene rings is 1. The van der Waals surface area contributed by atoms with Crippen molar-refractivity contribution in [2.75, 3.05) is 17.7 Å². The minimum atomic E-state index is 0.604. The third kappa shape index (κ3) is 2.18. The second-order valence-corrected chi connectivity index (χ2v) is 6.52. The van der Waals surface area contributed by atoms with Crippen LogP contribution in [0.25, 0.3) is 10.2 Å². The van der Waals surface area contributed by atoms with Crippen molar-refractivity contribution < 1.29 is 0 Å². The molecule has 2 atom stereocenters. The topological polar surface area (TPSA) is 42.2 Å². The lowest BCUT2D eigenvalue weighted by molar-refractivity contribution is 0.322. The summed E-state index contributed by atoms with van der Waals surface area (Å²) >= 11 is 1.65. The van der Waals surface area contributed by atoms with Gasteiger partial charge in [-0.3, -0.25) is 0 Å². The molecule has 19 heavy (non-hydrogen) atoms. The van der Waals surface area contributed by atoms with Gasteiger partial charge in [-0.2, -0.15) is 0 Å². The van der Waals surface area contributed by atoms with Crippen LogP contribution in [0.4, 0.5) is 11.4 Å². The van der Waals surface area contributed by atoms with Crippen molar-refractivity contribution in [3.8, 4) is 0 Å². The average molecular weight is 275 g/mol. The van der Waals surface area contributed by atoms with E-state index < -0.39 is 0 Å². The van der Waals surface area contributed by atoms with Crippen molar-refractivity contribution in [2.24, 2.45) is 5.92 Å². The maximum absolute atomic E-state index is 6.32. The van der Waals surface area contributed by atoms with E-state index >= 15 is 0 Å². The maximum atomic E-state index is 6.32. The summed E-state index contributed by atoms with van der Waals surface area (Å²) < 4.78 is 1.17. The number of anilines is 2. The standard InChI is InChI=1S/C15H21N3S/c1-10-5-3-4-6-11(10)18(2)12-7-8-13-15(14(12)16)17-9-19-13/h7-11H,3-6,16H2,1-2H3. The minimum absolute atomic E-state index is 0.604. The van der Waals surface area contributed by atoms with Gasteiger partial charge in [0.25, 0.3) is 0 Å². The molecule has 2 aromatic rings. The number of hydrogen-bond acceptors (Lipinski definition) is 4. The second kappa shape index (κ2) is 5.00. The molecule has 102 valence electrons. The molecule has 1 aromatic carbocycles. The van der Waals surface area contributed by atoms with E-state index in [4.69, 9.17) is 5.73 Å². The predicted octanol–water partition coefficient (Wildman–Crippen LogP) is 3.89. The van der Waals surface area contributed by atoms with Gasteiger partial charge in [0.2, 0.25) is 0 Å². The Labute approximate surface area is 118 Å². The summed E-state index contributed by atoms with van der Waals surface area (Å²) in [6.07, 6.45) is 5.30. The summed E-state index contributed by atoms with van der Waals surface area (Å²) in [5.41, 5.74) is 11.1. The van der Waals surface area contributed by atoms with E-state index in [2.05, 4.69) is 36.0 Å². The highest BCUT2D eigenvalue weighted by Crippen LogP contribution is 2.36. The van der Waals surface area contributed by atoms with Crippen molar-refractivity contribution >= 4 is 32.9 Å². The summed E-state index contributed by atoms with van der Waals surface area (Å²) in [5.74, 6) is 0.740. The number of aromatic nitrogens is 1. The number of rotatable bonds is 2. The van der Waals surface area contributed by atoms with E-state index in [0.717, 1.165) is 22.8 Å². The van der Waals surface area contributed by atoms with Crippen molar-refractivity contribution in [2.45, 2.75) is 38.6 Å². The van der Waals surface area contributed by atoms with E-state index in [1.165, 1.54) is 30.4 Å². The molecule has 0 spiro atoms. The van der Waals surface area contributed by atoms with Gasteiger partial charge in [-0.05, 0) is 30.9 Å². The van der Waals surface area contributed by atoms with E-state index in [0.29, 0.717) is 6.04 Å². The molecule has 1 aliphatic rings. The molecule has 2 unspecified atom stereocenters. The first-order valence-electron chi connectivity index (χ1n) is 7.03.